The van der Waals surface area contributed by atoms with Gasteiger partial charge in [-0.25, -0.2) is 19.9 Å². The van der Waals surface area contributed by atoms with Crippen LogP contribution in [0.15, 0.2) is 36.1 Å². The van der Waals surface area contributed by atoms with Gasteiger partial charge in [0.2, 0.25) is 0 Å². The number of thioether (sulfide) groups is 1. The number of aryl methyl sites for hydroxylation is 2. The lowest BCUT2D eigenvalue weighted by Crippen LogP contribution is -2.00. The van der Waals surface area contributed by atoms with Gasteiger partial charge in [-0.3, -0.25) is 0 Å². The molecule has 0 aromatic carbocycles. The topological polar surface area (TPSA) is 82.5 Å². The number of anilines is 1. The van der Waals surface area contributed by atoms with Crippen LogP contribution in [-0.4, -0.2) is 30.3 Å². The Morgan fingerprint density at radius 3 is 2.77 bits per heavy atom. The molecule has 0 fully saturated rings. The highest BCUT2D eigenvalue weighted by atomic mass is 32.2. The van der Waals surface area contributed by atoms with Gasteiger partial charge in [-0.15, -0.1) is 0 Å². The molecule has 6 nitrogen and oxygen atoms in total. The average Bonchev–Trinajstić information content (AvgIpc) is 2.97. The van der Waals surface area contributed by atoms with E-state index in [-0.39, 0.29) is 0 Å². The first kappa shape index (κ1) is 14.8. The summed E-state index contributed by atoms with van der Waals surface area (Å²) in [5, 5.41) is 0.838. The number of pyridine rings is 1. The summed E-state index contributed by atoms with van der Waals surface area (Å²) < 4.78 is 2.16. The molecule has 0 amide bonds. The van der Waals surface area contributed by atoms with Crippen LogP contribution in [0.1, 0.15) is 18.4 Å². The van der Waals surface area contributed by atoms with Gasteiger partial charge in [-0.05, 0) is 31.4 Å². The summed E-state index contributed by atoms with van der Waals surface area (Å²) in [4.78, 5) is 16.9. The summed E-state index contributed by atoms with van der Waals surface area (Å²) in [5.41, 5.74) is 8.87. The minimum atomic E-state index is 0.496. The van der Waals surface area contributed by atoms with Crippen molar-refractivity contribution >= 4 is 28.6 Å². The number of hydrogen-bond acceptors (Lipinski definition) is 6. The first-order chi connectivity index (χ1) is 10.8. The molecule has 0 aliphatic heterocycles. The van der Waals surface area contributed by atoms with Gasteiger partial charge in [-0.2, -0.15) is 0 Å². The molecule has 114 valence electrons. The highest BCUT2D eigenvalue weighted by Gasteiger charge is 2.09. The van der Waals surface area contributed by atoms with E-state index in [1.165, 1.54) is 0 Å². The van der Waals surface area contributed by atoms with Crippen LogP contribution >= 0.6 is 11.8 Å². The van der Waals surface area contributed by atoms with E-state index in [0.29, 0.717) is 5.82 Å². The monoisotopic (exact) mass is 314 g/mol. The molecule has 3 rings (SSSR count). The molecule has 0 bridgehead atoms. The summed E-state index contributed by atoms with van der Waals surface area (Å²) >= 11 is 1.69. The number of nitrogen functional groups attached to an aromatic ring is 1. The maximum absolute atomic E-state index is 5.88. The van der Waals surface area contributed by atoms with Crippen molar-refractivity contribution in [1.82, 2.24) is 24.5 Å². The van der Waals surface area contributed by atoms with E-state index >= 15 is 0 Å². The first-order valence-corrected chi connectivity index (χ1v) is 8.20. The van der Waals surface area contributed by atoms with Crippen LogP contribution < -0.4 is 5.73 Å². The third-order valence-electron chi connectivity index (χ3n) is 3.42. The number of nitrogens with two attached hydrogens (primary N) is 1. The van der Waals surface area contributed by atoms with E-state index in [2.05, 4.69) is 24.5 Å². The molecular formula is C15H18N6S. The van der Waals surface area contributed by atoms with Crippen LogP contribution in [0.2, 0.25) is 0 Å². The Balaban J connectivity index is 1.55. The summed E-state index contributed by atoms with van der Waals surface area (Å²) in [6.07, 6.45) is 9.37. The standard InChI is InChI=1S/C15H18N6S/c1-11-9-19-14(16)12-13(11)21(10-20-12)7-2-3-8-22-15-17-5-4-6-18-15/h4-6,9-10H,2-3,7-8H2,1H3,(H2,16,19). The maximum atomic E-state index is 5.88. The van der Waals surface area contributed by atoms with E-state index in [1.807, 2.05) is 19.3 Å². The summed E-state index contributed by atoms with van der Waals surface area (Å²) in [6, 6.07) is 1.83. The fraction of sp³-hybridized carbons (Fsp3) is 0.333. The second kappa shape index (κ2) is 6.74. The van der Waals surface area contributed by atoms with Crippen LogP contribution in [0.25, 0.3) is 11.0 Å². The van der Waals surface area contributed by atoms with Crippen LogP contribution in [0.5, 0.6) is 0 Å². The fourth-order valence-electron chi connectivity index (χ4n) is 2.35. The molecule has 3 aromatic rings. The van der Waals surface area contributed by atoms with Gasteiger partial charge < -0.3 is 10.3 Å². The molecule has 0 saturated heterocycles. The Labute approximate surface area is 133 Å². The smallest absolute Gasteiger partial charge is 0.187 e. The van der Waals surface area contributed by atoms with Crippen molar-refractivity contribution in [1.29, 1.82) is 0 Å². The Morgan fingerprint density at radius 1 is 1.14 bits per heavy atom. The second-order valence-corrected chi connectivity index (χ2v) is 6.11. The number of unbranched alkanes of at least 4 members (excludes halogenated alkanes) is 1. The predicted molar refractivity (Wildman–Crippen MR) is 88.7 cm³/mol. The maximum Gasteiger partial charge on any atom is 0.187 e. The Bertz CT molecular complexity index is 755. The molecule has 3 aromatic heterocycles. The molecule has 0 aliphatic carbocycles. The van der Waals surface area contributed by atoms with Crippen molar-refractivity contribution in [2.24, 2.45) is 0 Å². The summed E-state index contributed by atoms with van der Waals surface area (Å²) in [5.74, 6) is 1.51. The Morgan fingerprint density at radius 2 is 1.95 bits per heavy atom. The van der Waals surface area contributed by atoms with Gasteiger partial charge in [0.05, 0.1) is 11.8 Å². The molecular weight excluding hydrogens is 296 g/mol. The highest BCUT2D eigenvalue weighted by Crippen LogP contribution is 2.21. The van der Waals surface area contributed by atoms with Gasteiger partial charge >= 0.3 is 0 Å². The van der Waals surface area contributed by atoms with Crippen molar-refractivity contribution in [3.8, 4) is 0 Å². The van der Waals surface area contributed by atoms with Crippen molar-refractivity contribution in [2.75, 3.05) is 11.5 Å². The molecule has 2 N–H and O–H groups in total. The fourth-order valence-corrected chi connectivity index (χ4v) is 3.15. The van der Waals surface area contributed by atoms with Gasteiger partial charge in [0, 0.05) is 30.9 Å². The van der Waals surface area contributed by atoms with Crippen molar-refractivity contribution in [3.63, 3.8) is 0 Å². The molecule has 0 unspecified atom stereocenters. The SMILES string of the molecule is Cc1cnc(N)c2ncn(CCCCSc3ncccn3)c12. The molecule has 22 heavy (non-hydrogen) atoms. The molecule has 0 aliphatic rings. The number of imidazole rings is 1. The first-order valence-electron chi connectivity index (χ1n) is 7.21. The van der Waals surface area contributed by atoms with Crippen molar-refractivity contribution < 1.29 is 0 Å². The third-order valence-corrected chi connectivity index (χ3v) is 4.38. The highest BCUT2D eigenvalue weighted by molar-refractivity contribution is 7.99. The van der Waals surface area contributed by atoms with E-state index in [9.17, 15) is 0 Å². The number of rotatable bonds is 6. The van der Waals surface area contributed by atoms with Crippen LogP contribution in [0, 0.1) is 6.92 Å². The van der Waals surface area contributed by atoms with Crippen LogP contribution in [0.3, 0.4) is 0 Å². The number of aromatic nitrogens is 5. The third kappa shape index (κ3) is 3.19. The van der Waals surface area contributed by atoms with E-state index < -0.39 is 0 Å². The Kier molecular flexibility index (Phi) is 4.53. The number of fused-ring (bicyclic) bond motifs is 1. The lowest BCUT2D eigenvalue weighted by Gasteiger charge is -2.06. The molecule has 0 radical (unpaired) electrons. The molecule has 7 heteroatoms. The van der Waals surface area contributed by atoms with Gasteiger partial charge in [0.15, 0.2) is 11.0 Å². The summed E-state index contributed by atoms with van der Waals surface area (Å²) in [6.45, 7) is 2.96. The number of hydrogen-bond donors (Lipinski definition) is 1. The second-order valence-electron chi connectivity index (χ2n) is 5.05. The molecule has 0 atom stereocenters. The lowest BCUT2D eigenvalue weighted by molar-refractivity contribution is 0.648. The molecule has 0 spiro atoms. The van der Waals surface area contributed by atoms with E-state index in [0.717, 1.165) is 46.9 Å². The van der Waals surface area contributed by atoms with E-state index in [1.54, 1.807) is 30.4 Å². The largest absolute Gasteiger partial charge is 0.382 e. The normalized spacial score (nSPS) is 11.1. The van der Waals surface area contributed by atoms with Gasteiger partial charge in [0.1, 0.15) is 5.52 Å². The zero-order chi connectivity index (χ0) is 15.4. The minimum Gasteiger partial charge on any atom is -0.382 e. The number of nitrogens with zero attached hydrogens (tertiary/aromatic N) is 5. The molecule has 3 heterocycles. The summed E-state index contributed by atoms with van der Waals surface area (Å²) in [7, 11) is 0. The average molecular weight is 314 g/mol. The zero-order valence-electron chi connectivity index (χ0n) is 12.4. The predicted octanol–water partition coefficient (Wildman–Crippen LogP) is 2.68. The zero-order valence-corrected chi connectivity index (χ0v) is 13.3. The van der Waals surface area contributed by atoms with Crippen molar-refractivity contribution in [2.45, 2.75) is 31.5 Å². The quantitative estimate of drug-likeness (QED) is 0.428. The lowest BCUT2D eigenvalue weighted by atomic mass is 10.2. The van der Waals surface area contributed by atoms with Crippen LogP contribution in [-0.2, 0) is 6.54 Å². The van der Waals surface area contributed by atoms with Crippen LogP contribution in [0.4, 0.5) is 5.82 Å². The van der Waals surface area contributed by atoms with Gasteiger partial charge in [0.25, 0.3) is 0 Å². The Hall–Kier alpha value is -2.15. The molecule has 0 saturated carbocycles. The van der Waals surface area contributed by atoms with E-state index in [4.69, 9.17) is 5.73 Å². The minimum absolute atomic E-state index is 0.496. The van der Waals surface area contributed by atoms with Gasteiger partial charge in [-0.1, -0.05) is 11.8 Å². The van der Waals surface area contributed by atoms with Crippen molar-refractivity contribution in [3.05, 3.63) is 36.5 Å².